The van der Waals surface area contributed by atoms with Crippen molar-refractivity contribution in [3.8, 4) is 11.5 Å². The largest absolute Gasteiger partial charge is 0.497 e. The summed E-state index contributed by atoms with van der Waals surface area (Å²) in [4.78, 5) is 25.8. The molecule has 0 spiro atoms. The third-order valence-corrected chi connectivity index (χ3v) is 4.47. The number of carbonyl (C=O) groups is 2. The van der Waals surface area contributed by atoms with Gasteiger partial charge < -0.3 is 19.7 Å². The number of rotatable bonds is 5. The maximum absolute atomic E-state index is 14.0. The van der Waals surface area contributed by atoms with Gasteiger partial charge in [0.25, 0.3) is 0 Å². The summed E-state index contributed by atoms with van der Waals surface area (Å²) in [5.41, 5.74) is -0.0603. The van der Waals surface area contributed by atoms with Gasteiger partial charge in [0.15, 0.2) is 17.5 Å². The number of carbonyl (C=O) groups excluding carboxylic acids is 2. The monoisotopic (exact) mass is 394 g/mol. The van der Waals surface area contributed by atoms with Gasteiger partial charge in [-0.3, -0.25) is 9.59 Å². The van der Waals surface area contributed by atoms with Gasteiger partial charge in [0.2, 0.25) is 11.8 Å². The van der Waals surface area contributed by atoms with E-state index in [1.54, 1.807) is 18.2 Å². The molecule has 3 rings (SSSR count). The highest BCUT2D eigenvalue weighted by atomic mass is 19.2. The highest BCUT2D eigenvalue weighted by Gasteiger charge is 2.37. The molecule has 2 aromatic carbocycles. The Morgan fingerprint density at radius 2 is 1.86 bits per heavy atom. The molecule has 2 aromatic rings. The standard InChI is InChI=1S/C19H17F3N2O4/c1-27-11-3-6-15(28-2)13(8-11)23-19(26)10-7-16(25)24(9-10)14-5-4-12(20)17(21)18(14)22/h3-6,8,10H,7,9H2,1-2H3,(H,23,26). The first kappa shape index (κ1) is 19.5. The van der Waals surface area contributed by atoms with E-state index in [1.807, 2.05) is 0 Å². The van der Waals surface area contributed by atoms with Gasteiger partial charge in [0, 0.05) is 19.0 Å². The number of halogens is 3. The van der Waals surface area contributed by atoms with Crippen LogP contribution in [0.1, 0.15) is 6.42 Å². The molecule has 28 heavy (non-hydrogen) atoms. The number of hydrogen-bond acceptors (Lipinski definition) is 4. The second-order valence-electron chi connectivity index (χ2n) is 6.16. The maximum Gasteiger partial charge on any atom is 0.229 e. The van der Waals surface area contributed by atoms with E-state index >= 15 is 0 Å². The molecule has 0 bridgehead atoms. The number of methoxy groups -OCH3 is 2. The Hall–Kier alpha value is -3.23. The third-order valence-electron chi connectivity index (χ3n) is 4.47. The Bertz CT molecular complexity index is 936. The molecule has 1 saturated heterocycles. The number of anilines is 2. The topological polar surface area (TPSA) is 67.9 Å². The van der Waals surface area contributed by atoms with Crippen molar-refractivity contribution in [1.82, 2.24) is 0 Å². The zero-order chi connectivity index (χ0) is 20.4. The van der Waals surface area contributed by atoms with Crippen molar-refractivity contribution in [2.75, 3.05) is 31.0 Å². The van der Waals surface area contributed by atoms with E-state index in [9.17, 15) is 22.8 Å². The molecule has 0 aromatic heterocycles. The molecule has 0 saturated carbocycles. The van der Waals surface area contributed by atoms with Crippen LogP contribution in [0, 0.1) is 23.4 Å². The summed E-state index contributed by atoms with van der Waals surface area (Å²) in [6.45, 7) is -0.168. The second-order valence-corrected chi connectivity index (χ2v) is 6.16. The fourth-order valence-electron chi connectivity index (χ4n) is 2.99. The zero-order valence-corrected chi connectivity index (χ0v) is 15.1. The summed E-state index contributed by atoms with van der Waals surface area (Å²) < 4.78 is 50.9. The minimum Gasteiger partial charge on any atom is -0.497 e. The van der Waals surface area contributed by atoms with Gasteiger partial charge in [-0.1, -0.05) is 0 Å². The Labute approximate surface area is 158 Å². The smallest absolute Gasteiger partial charge is 0.229 e. The van der Waals surface area contributed by atoms with Crippen LogP contribution >= 0.6 is 0 Å². The van der Waals surface area contributed by atoms with E-state index in [0.29, 0.717) is 17.2 Å². The molecule has 1 atom stereocenters. The fourth-order valence-corrected chi connectivity index (χ4v) is 2.99. The van der Waals surface area contributed by atoms with Gasteiger partial charge in [-0.15, -0.1) is 0 Å². The van der Waals surface area contributed by atoms with Crippen LogP contribution in [-0.4, -0.2) is 32.6 Å². The van der Waals surface area contributed by atoms with E-state index < -0.39 is 40.9 Å². The lowest BCUT2D eigenvalue weighted by Crippen LogP contribution is -2.29. The van der Waals surface area contributed by atoms with Gasteiger partial charge in [0.1, 0.15) is 11.5 Å². The molecule has 1 fully saturated rings. The first-order valence-electron chi connectivity index (χ1n) is 8.32. The first-order chi connectivity index (χ1) is 13.3. The van der Waals surface area contributed by atoms with Crippen LogP contribution in [0.5, 0.6) is 11.5 Å². The maximum atomic E-state index is 14.0. The summed E-state index contributed by atoms with van der Waals surface area (Å²) >= 11 is 0. The minimum atomic E-state index is -1.67. The van der Waals surface area contributed by atoms with Crippen LogP contribution in [0.2, 0.25) is 0 Å². The zero-order valence-electron chi connectivity index (χ0n) is 15.1. The van der Waals surface area contributed by atoms with Crippen molar-refractivity contribution in [2.24, 2.45) is 5.92 Å². The van der Waals surface area contributed by atoms with Gasteiger partial charge in [-0.25, -0.2) is 13.2 Å². The molecule has 1 aliphatic heterocycles. The summed E-state index contributed by atoms with van der Waals surface area (Å²) in [6, 6.07) is 6.52. The Balaban J connectivity index is 1.79. The average molecular weight is 394 g/mol. The fraction of sp³-hybridized carbons (Fsp3) is 0.263. The Kier molecular flexibility index (Phi) is 5.43. The third kappa shape index (κ3) is 3.60. The Morgan fingerprint density at radius 1 is 1.11 bits per heavy atom. The lowest BCUT2D eigenvalue weighted by Gasteiger charge is -2.18. The van der Waals surface area contributed by atoms with Crippen molar-refractivity contribution < 1.29 is 32.2 Å². The molecule has 1 heterocycles. The molecule has 0 aliphatic carbocycles. The van der Waals surface area contributed by atoms with Gasteiger partial charge >= 0.3 is 0 Å². The van der Waals surface area contributed by atoms with Crippen molar-refractivity contribution in [3.63, 3.8) is 0 Å². The van der Waals surface area contributed by atoms with E-state index in [4.69, 9.17) is 9.47 Å². The van der Waals surface area contributed by atoms with Crippen LogP contribution in [-0.2, 0) is 9.59 Å². The number of amides is 2. The SMILES string of the molecule is COc1ccc(OC)c(NC(=O)C2CC(=O)N(c3ccc(F)c(F)c3F)C2)c1. The van der Waals surface area contributed by atoms with Gasteiger partial charge in [-0.2, -0.15) is 0 Å². The van der Waals surface area contributed by atoms with Crippen LogP contribution in [0.15, 0.2) is 30.3 Å². The van der Waals surface area contributed by atoms with E-state index in [2.05, 4.69) is 5.32 Å². The van der Waals surface area contributed by atoms with Crippen LogP contribution in [0.3, 0.4) is 0 Å². The van der Waals surface area contributed by atoms with Crippen molar-refractivity contribution in [2.45, 2.75) is 6.42 Å². The molecular formula is C19H17F3N2O4. The van der Waals surface area contributed by atoms with Crippen molar-refractivity contribution >= 4 is 23.2 Å². The van der Waals surface area contributed by atoms with Crippen LogP contribution in [0.25, 0.3) is 0 Å². The molecule has 1 N–H and O–H groups in total. The van der Waals surface area contributed by atoms with Crippen molar-refractivity contribution in [1.29, 1.82) is 0 Å². The molecule has 2 amide bonds. The molecule has 6 nitrogen and oxygen atoms in total. The van der Waals surface area contributed by atoms with Crippen LogP contribution < -0.4 is 19.7 Å². The molecule has 9 heteroatoms. The summed E-state index contributed by atoms with van der Waals surface area (Å²) in [7, 11) is 2.90. The molecule has 148 valence electrons. The van der Waals surface area contributed by atoms with Crippen molar-refractivity contribution in [3.05, 3.63) is 47.8 Å². The summed E-state index contributed by atoms with van der Waals surface area (Å²) in [5, 5.41) is 2.66. The van der Waals surface area contributed by atoms with E-state index in [0.717, 1.165) is 17.0 Å². The second kappa shape index (κ2) is 7.79. The summed E-state index contributed by atoms with van der Waals surface area (Å²) in [6.07, 6.45) is -0.198. The van der Waals surface area contributed by atoms with Gasteiger partial charge in [-0.05, 0) is 24.3 Å². The summed E-state index contributed by atoms with van der Waals surface area (Å²) in [5.74, 6) is -5.48. The highest BCUT2D eigenvalue weighted by Crippen LogP contribution is 2.32. The minimum absolute atomic E-state index is 0.168. The van der Waals surface area contributed by atoms with E-state index in [-0.39, 0.29) is 13.0 Å². The molecule has 0 radical (unpaired) electrons. The molecule has 1 unspecified atom stereocenters. The number of benzene rings is 2. The Morgan fingerprint density at radius 3 is 2.54 bits per heavy atom. The van der Waals surface area contributed by atoms with E-state index in [1.165, 1.54) is 14.2 Å². The highest BCUT2D eigenvalue weighted by molar-refractivity contribution is 6.04. The quantitative estimate of drug-likeness (QED) is 0.792. The average Bonchev–Trinajstić information content (AvgIpc) is 3.07. The number of nitrogens with zero attached hydrogens (tertiary/aromatic N) is 1. The predicted molar refractivity (Wildman–Crippen MR) is 95.0 cm³/mol. The lowest BCUT2D eigenvalue weighted by atomic mass is 10.1. The van der Waals surface area contributed by atoms with Crippen LogP contribution in [0.4, 0.5) is 24.5 Å². The number of ether oxygens (including phenoxy) is 2. The number of nitrogens with one attached hydrogen (secondary N) is 1. The first-order valence-corrected chi connectivity index (χ1v) is 8.32. The predicted octanol–water partition coefficient (Wildman–Crippen LogP) is 3.11. The number of hydrogen-bond donors (Lipinski definition) is 1. The lowest BCUT2D eigenvalue weighted by molar-refractivity contribution is -0.122. The molecule has 1 aliphatic rings. The normalized spacial score (nSPS) is 16.2. The van der Waals surface area contributed by atoms with Gasteiger partial charge in [0.05, 0.1) is 31.5 Å². The molecular weight excluding hydrogens is 377 g/mol.